The summed E-state index contributed by atoms with van der Waals surface area (Å²) in [4.78, 5) is 12.6. The lowest BCUT2D eigenvalue weighted by atomic mass is 10.0. The maximum atomic E-state index is 12.6. The Kier molecular flexibility index (Phi) is 10.9. The molecule has 0 spiro atoms. The molecular formula is C30H35NO7. The van der Waals surface area contributed by atoms with Gasteiger partial charge in [-0.1, -0.05) is 18.2 Å². The van der Waals surface area contributed by atoms with Gasteiger partial charge in [0.1, 0.15) is 28.7 Å². The molecule has 0 bridgehead atoms. The third-order valence-electron chi connectivity index (χ3n) is 5.83. The SMILES string of the molecule is COC(=O)/C(=C\c1cc(OC)cc(OC)c1)c1ccc(OCCCNCc2ccc(OC)cc2OC)cc1. The number of esters is 1. The van der Waals surface area contributed by atoms with Gasteiger partial charge in [0, 0.05) is 24.2 Å². The predicted octanol–water partition coefficient (Wildman–Crippen LogP) is 4.99. The number of rotatable bonds is 14. The molecule has 1 N–H and O–H groups in total. The average molecular weight is 522 g/mol. The lowest BCUT2D eigenvalue weighted by Crippen LogP contribution is -2.17. The minimum Gasteiger partial charge on any atom is -0.497 e. The van der Waals surface area contributed by atoms with Crippen LogP contribution in [0.3, 0.4) is 0 Å². The molecule has 0 aliphatic rings. The van der Waals surface area contributed by atoms with E-state index in [1.54, 1.807) is 40.6 Å². The molecule has 38 heavy (non-hydrogen) atoms. The van der Waals surface area contributed by atoms with Gasteiger partial charge in [-0.25, -0.2) is 4.79 Å². The van der Waals surface area contributed by atoms with E-state index in [9.17, 15) is 4.79 Å². The van der Waals surface area contributed by atoms with Crippen molar-refractivity contribution in [2.45, 2.75) is 13.0 Å². The largest absolute Gasteiger partial charge is 0.497 e. The van der Waals surface area contributed by atoms with Crippen LogP contribution < -0.4 is 29.0 Å². The van der Waals surface area contributed by atoms with E-state index in [0.717, 1.165) is 41.3 Å². The Morgan fingerprint density at radius 2 is 1.42 bits per heavy atom. The first kappa shape index (κ1) is 28.4. The van der Waals surface area contributed by atoms with Gasteiger partial charge in [0.2, 0.25) is 0 Å². The highest BCUT2D eigenvalue weighted by atomic mass is 16.5. The molecule has 0 aromatic heterocycles. The molecule has 8 nitrogen and oxygen atoms in total. The summed E-state index contributed by atoms with van der Waals surface area (Å²) in [6, 6.07) is 18.6. The van der Waals surface area contributed by atoms with Gasteiger partial charge >= 0.3 is 5.97 Å². The summed E-state index contributed by atoms with van der Waals surface area (Å²) < 4.78 is 32.3. The van der Waals surface area contributed by atoms with Crippen molar-refractivity contribution in [3.63, 3.8) is 0 Å². The number of nitrogens with one attached hydrogen (secondary N) is 1. The average Bonchev–Trinajstić information content (AvgIpc) is 2.97. The van der Waals surface area contributed by atoms with E-state index in [2.05, 4.69) is 5.32 Å². The van der Waals surface area contributed by atoms with Crippen LogP contribution in [-0.2, 0) is 16.1 Å². The fourth-order valence-electron chi connectivity index (χ4n) is 3.79. The third-order valence-corrected chi connectivity index (χ3v) is 5.83. The fourth-order valence-corrected chi connectivity index (χ4v) is 3.79. The van der Waals surface area contributed by atoms with E-state index in [1.807, 2.05) is 54.6 Å². The van der Waals surface area contributed by atoms with Crippen LogP contribution >= 0.6 is 0 Å². The molecule has 3 aromatic rings. The van der Waals surface area contributed by atoms with Crippen molar-refractivity contribution in [3.05, 3.63) is 77.4 Å². The highest BCUT2D eigenvalue weighted by Gasteiger charge is 2.14. The van der Waals surface area contributed by atoms with Crippen LogP contribution in [0.4, 0.5) is 0 Å². The Hall–Kier alpha value is -4.17. The van der Waals surface area contributed by atoms with Gasteiger partial charge in [-0.05, 0) is 60.5 Å². The van der Waals surface area contributed by atoms with Gasteiger partial charge < -0.3 is 33.7 Å². The Labute approximate surface area is 224 Å². The number of hydrogen-bond donors (Lipinski definition) is 1. The molecule has 8 heteroatoms. The maximum Gasteiger partial charge on any atom is 0.338 e. The van der Waals surface area contributed by atoms with Crippen molar-refractivity contribution in [3.8, 4) is 28.7 Å². The summed E-state index contributed by atoms with van der Waals surface area (Å²) in [6.07, 6.45) is 2.57. The summed E-state index contributed by atoms with van der Waals surface area (Å²) >= 11 is 0. The Balaban J connectivity index is 1.56. The fraction of sp³-hybridized carbons (Fsp3) is 0.300. The standard InChI is InChI=1S/C30H35NO7/c1-33-25-12-9-23(29(19-25)36-4)20-31-13-6-14-38-24-10-7-22(8-11-24)28(30(32)37-5)17-21-15-26(34-2)18-27(16-21)35-3/h7-12,15-19,31H,6,13-14,20H2,1-5H3/b28-17-. The second kappa shape index (κ2) is 14.5. The second-order valence-electron chi connectivity index (χ2n) is 8.28. The molecule has 0 atom stereocenters. The van der Waals surface area contributed by atoms with Crippen LogP contribution in [0, 0.1) is 0 Å². The number of carbonyl (C=O) groups excluding carboxylic acids is 1. The van der Waals surface area contributed by atoms with Crippen LogP contribution in [0.5, 0.6) is 28.7 Å². The van der Waals surface area contributed by atoms with Gasteiger partial charge in [-0.15, -0.1) is 0 Å². The summed E-state index contributed by atoms with van der Waals surface area (Å²) in [5.74, 6) is 3.08. The van der Waals surface area contributed by atoms with Crippen LogP contribution in [0.15, 0.2) is 60.7 Å². The second-order valence-corrected chi connectivity index (χ2v) is 8.28. The molecule has 0 amide bonds. The van der Waals surface area contributed by atoms with E-state index >= 15 is 0 Å². The molecule has 3 rings (SSSR count). The van der Waals surface area contributed by atoms with Gasteiger partial charge in [0.15, 0.2) is 0 Å². The zero-order valence-corrected chi connectivity index (χ0v) is 22.5. The molecule has 0 aliphatic carbocycles. The zero-order valence-electron chi connectivity index (χ0n) is 22.5. The third kappa shape index (κ3) is 7.91. The number of ether oxygens (including phenoxy) is 6. The van der Waals surface area contributed by atoms with Crippen LogP contribution in [0.25, 0.3) is 11.6 Å². The van der Waals surface area contributed by atoms with Crippen molar-refractivity contribution in [2.24, 2.45) is 0 Å². The molecule has 3 aromatic carbocycles. The number of hydrogen-bond acceptors (Lipinski definition) is 8. The van der Waals surface area contributed by atoms with E-state index < -0.39 is 5.97 Å². The molecule has 0 heterocycles. The van der Waals surface area contributed by atoms with Crippen LogP contribution in [-0.4, -0.2) is 54.7 Å². The van der Waals surface area contributed by atoms with E-state index in [4.69, 9.17) is 28.4 Å². The highest BCUT2D eigenvalue weighted by molar-refractivity contribution is 6.21. The van der Waals surface area contributed by atoms with Gasteiger partial charge in [-0.2, -0.15) is 0 Å². The monoisotopic (exact) mass is 521 g/mol. The van der Waals surface area contributed by atoms with Crippen LogP contribution in [0.2, 0.25) is 0 Å². The smallest absolute Gasteiger partial charge is 0.338 e. The zero-order chi connectivity index (χ0) is 27.3. The predicted molar refractivity (Wildman–Crippen MR) is 147 cm³/mol. The topological polar surface area (TPSA) is 84.5 Å². The number of carbonyl (C=O) groups is 1. The lowest BCUT2D eigenvalue weighted by Gasteiger charge is -2.12. The van der Waals surface area contributed by atoms with Gasteiger partial charge in [0.05, 0.1) is 47.7 Å². The molecule has 0 unspecified atom stereocenters. The molecule has 0 aliphatic heterocycles. The highest BCUT2D eigenvalue weighted by Crippen LogP contribution is 2.28. The quantitative estimate of drug-likeness (QED) is 0.137. The molecule has 0 saturated carbocycles. The molecule has 202 valence electrons. The first-order valence-corrected chi connectivity index (χ1v) is 12.2. The first-order chi connectivity index (χ1) is 18.5. The van der Waals surface area contributed by atoms with Crippen molar-refractivity contribution in [2.75, 3.05) is 48.7 Å². The van der Waals surface area contributed by atoms with E-state index in [-0.39, 0.29) is 0 Å². The summed E-state index contributed by atoms with van der Waals surface area (Å²) in [7, 11) is 7.80. The molecule has 0 fully saturated rings. The minimum atomic E-state index is -0.444. The lowest BCUT2D eigenvalue weighted by molar-refractivity contribution is -0.133. The number of benzene rings is 3. The summed E-state index contributed by atoms with van der Waals surface area (Å²) in [5, 5.41) is 3.41. The Morgan fingerprint density at radius 1 is 0.763 bits per heavy atom. The maximum absolute atomic E-state index is 12.6. The van der Waals surface area contributed by atoms with Gasteiger partial charge in [-0.3, -0.25) is 0 Å². The van der Waals surface area contributed by atoms with Crippen LogP contribution in [0.1, 0.15) is 23.1 Å². The first-order valence-electron chi connectivity index (χ1n) is 12.2. The molecule has 0 radical (unpaired) electrons. The Morgan fingerprint density at radius 3 is 2.03 bits per heavy atom. The van der Waals surface area contributed by atoms with Crippen molar-refractivity contribution >= 4 is 17.6 Å². The van der Waals surface area contributed by atoms with Crippen molar-refractivity contribution in [1.29, 1.82) is 0 Å². The Bertz CT molecular complexity index is 1200. The summed E-state index contributed by atoms with van der Waals surface area (Å²) in [5.41, 5.74) is 2.93. The molecule has 0 saturated heterocycles. The van der Waals surface area contributed by atoms with E-state index in [0.29, 0.717) is 35.8 Å². The van der Waals surface area contributed by atoms with E-state index in [1.165, 1.54) is 7.11 Å². The van der Waals surface area contributed by atoms with Gasteiger partial charge in [0.25, 0.3) is 0 Å². The normalized spacial score (nSPS) is 11.0. The minimum absolute atomic E-state index is 0.410. The van der Waals surface area contributed by atoms with Crippen molar-refractivity contribution in [1.82, 2.24) is 5.32 Å². The van der Waals surface area contributed by atoms with Crippen molar-refractivity contribution < 1.29 is 33.2 Å². The summed E-state index contributed by atoms with van der Waals surface area (Å²) in [6.45, 7) is 2.02. The molecular weight excluding hydrogens is 486 g/mol. The number of methoxy groups -OCH3 is 5.